The number of nitriles is 1. The Balaban J connectivity index is 1.83. The summed E-state index contributed by atoms with van der Waals surface area (Å²) in [5, 5.41) is 9.27. The Morgan fingerprint density at radius 1 is 1.26 bits per heavy atom. The first-order valence-corrected chi connectivity index (χ1v) is 8.54. The van der Waals surface area contributed by atoms with Gasteiger partial charge in [-0.1, -0.05) is 42.5 Å². The molecule has 3 nitrogen and oxygen atoms in total. The molecule has 4 rings (SSSR count). The monoisotopic (exact) mass is 320 g/mol. The Bertz CT molecular complexity index is 1000. The summed E-state index contributed by atoms with van der Waals surface area (Å²) in [7, 11) is 0. The Morgan fingerprint density at radius 3 is 2.78 bits per heavy atom. The fourth-order valence-electron chi connectivity index (χ4n) is 2.97. The number of nitrogens with zero attached hydrogens (tertiary/aromatic N) is 2. The number of rotatable bonds is 3. The van der Waals surface area contributed by atoms with E-state index in [0.717, 1.165) is 27.9 Å². The molecule has 0 saturated heterocycles. The van der Waals surface area contributed by atoms with Gasteiger partial charge in [0.15, 0.2) is 0 Å². The summed E-state index contributed by atoms with van der Waals surface area (Å²) in [4.78, 5) is 12.5. The second-order valence-corrected chi connectivity index (χ2v) is 7.60. The van der Waals surface area contributed by atoms with Crippen molar-refractivity contribution in [1.82, 2.24) is 4.57 Å². The van der Waals surface area contributed by atoms with E-state index in [9.17, 15) is 10.1 Å². The number of hydrogen-bond acceptors (Lipinski definition) is 3. The number of aromatic nitrogens is 1. The van der Waals surface area contributed by atoms with Gasteiger partial charge < -0.3 is 0 Å². The van der Waals surface area contributed by atoms with Crippen molar-refractivity contribution in [2.24, 2.45) is 5.41 Å². The first-order chi connectivity index (χ1) is 11.1. The molecule has 1 saturated carbocycles. The van der Waals surface area contributed by atoms with E-state index in [-0.39, 0.29) is 4.87 Å². The van der Waals surface area contributed by atoms with E-state index in [1.54, 1.807) is 0 Å². The molecule has 0 aliphatic heterocycles. The minimum Gasteiger partial charge on any atom is -0.298 e. The summed E-state index contributed by atoms with van der Waals surface area (Å²) >= 11 is 1.29. The Morgan fingerprint density at radius 2 is 2.04 bits per heavy atom. The lowest BCUT2D eigenvalue weighted by atomic mass is 10.0. The lowest BCUT2D eigenvalue weighted by Crippen LogP contribution is -2.18. The van der Waals surface area contributed by atoms with Crippen molar-refractivity contribution in [3.05, 3.63) is 57.7 Å². The summed E-state index contributed by atoms with van der Waals surface area (Å²) < 4.78 is 2.90. The quantitative estimate of drug-likeness (QED) is 0.718. The van der Waals surface area contributed by atoms with Crippen LogP contribution in [-0.4, -0.2) is 4.57 Å². The molecule has 23 heavy (non-hydrogen) atoms. The van der Waals surface area contributed by atoms with E-state index in [1.165, 1.54) is 24.2 Å². The average molecular weight is 320 g/mol. The molecule has 0 atom stereocenters. The van der Waals surface area contributed by atoms with Crippen LogP contribution in [0.1, 0.15) is 25.3 Å². The number of benzene rings is 2. The van der Waals surface area contributed by atoms with Gasteiger partial charge in [0.05, 0.1) is 21.8 Å². The first kappa shape index (κ1) is 14.2. The van der Waals surface area contributed by atoms with Crippen molar-refractivity contribution < 1.29 is 0 Å². The summed E-state index contributed by atoms with van der Waals surface area (Å²) in [5.74, 6) is 0. The molecule has 3 aromatic rings. The predicted molar refractivity (Wildman–Crippen MR) is 93.6 cm³/mol. The molecule has 1 aliphatic carbocycles. The minimum atomic E-state index is 0.110. The van der Waals surface area contributed by atoms with Crippen LogP contribution in [0.25, 0.3) is 21.3 Å². The minimum absolute atomic E-state index is 0.110. The summed E-state index contributed by atoms with van der Waals surface area (Å²) in [5.41, 5.74) is 3.86. The third-order valence-electron chi connectivity index (χ3n) is 4.67. The number of hydrogen-bond donors (Lipinski definition) is 0. The van der Waals surface area contributed by atoms with Crippen LogP contribution in [0.15, 0.2) is 47.3 Å². The summed E-state index contributed by atoms with van der Waals surface area (Å²) in [6.45, 7) is 3.04. The van der Waals surface area contributed by atoms with Gasteiger partial charge in [-0.25, -0.2) is 0 Å². The van der Waals surface area contributed by atoms with Crippen LogP contribution in [-0.2, 0) is 6.54 Å². The second-order valence-electron chi connectivity index (χ2n) is 6.60. The maximum absolute atomic E-state index is 12.3. The molecule has 0 bridgehead atoms. The van der Waals surface area contributed by atoms with E-state index < -0.39 is 0 Å². The van der Waals surface area contributed by atoms with Crippen LogP contribution in [0.2, 0.25) is 0 Å². The molecule has 0 spiro atoms. The van der Waals surface area contributed by atoms with Gasteiger partial charge in [-0.2, -0.15) is 5.26 Å². The summed E-state index contributed by atoms with van der Waals surface area (Å²) in [6.07, 6.45) is 2.40. The Kier molecular flexibility index (Phi) is 3.14. The fraction of sp³-hybridized carbons (Fsp3) is 0.263. The largest absolute Gasteiger partial charge is 0.308 e. The predicted octanol–water partition coefficient (Wildman–Crippen LogP) is 4.40. The molecule has 1 aromatic heterocycles. The number of thiazole rings is 1. The van der Waals surface area contributed by atoms with Crippen molar-refractivity contribution in [2.75, 3.05) is 0 Å². The average Bonchev–Trinajstić information content (AvgIpc) is 3.22. The molecule has 1 heterocycles. The van der Waals surface area contributed by atoms with Gasteiger partial charge in [0.25, 0.3) is 0 Å². The maximum Gasteiger partial charge on any atom is 0.308 e. The molecule has 114 valence electrons. The topological polar surface area (TPSA) is 45.8 Å². The highest BCUT2D eigenvalue weighted by molar-refractivity contribution is 7.16. The molecule has 0 radical (unpaired) electrons. The Hall–Kier alpha value is -2.38. The highest BCUT2D eigenvalue weighted by atomic mass is 32.1. The zero-order valence-electron chi connectivity index (χ0n) is 12.9. The van der Waals surface area contributed by atoms with E-state index in [4.69, 9.17) is 0 Å². The Labute approximate surface area is 138 Å². The van der Waals surface area contributed by atoms with Crippen molar-refractivity contribution in [3.63, 3.8) is 0 Å². The lowest BCUT2D eigenvalue weighted by Gasteiger charge is -2.10. The standard InChI is InChI=1S/C19H16N2OS/c1-19(8-9-19)12-21-16-7-6-13(10-17(16)23-18(21)22)15-5-3-2-4-14(15)11-20/h2-7,10H,8-9,12H2,1H3. The highest BCUT2D eigenvalue weighted by Crippen LogP contribution is 2.46. The van der Waals surface area contributed by atoms with Crippen molar-refractivity contribution >= 4 is 21.6 Å². The third-order valence-corrected chi connectivity index (χ3v) is 5.61. The molecule has 0 amide bonds. The van der Waals surface area contributed by atoms with Crippen molar-refractivity contribution in [1.29, 1.82) is 5.26 Å². The smallest absolute Gasteiger partial charge is 0.298 e. The molecule has 1 aliphatic rings. The van der Waals surface area contributed by atoms with Gasteiger partial charge in [0.1, 0.15) is 0 Å². The second kappa shape index (κ2) is 5.07. The normalized spacial score (nSPS) is 15.5. The van der Waals surface area contributed by atoms with Gasteiger partial charge in [-0.3, -0.25) is 9.36 Å². The zero-order chi connectivity index (χ0) is 16.0. The fourth-order valence-corrected chi connectivity index (χ4v) is 3.90. The van der Waals surface area contributed by atoms with Gasteiger partial charge in [-0.15, -0.1) is 0 Å². The maximum atomic E-state index is 12.3. The SMILES string of the molecule is CC1(Cn2c(=O)sc3cc(-c4ccccc4C#N)ccc32)CC1. The van der Waals surface area contributed by atoms with Crippen molar-refractivity contribution in [2.45, 2.75) is 26.3 Å². The lowest BCUT2D eigenvalue weighted by molar-refractivity contribution is 0.469. The molecule has 4 heteroatoms. The van der Waals surface area contributed by atoms with Gasteiger partial charge in [0.2, 0.25) is 0 Å². The van der Waals surface area contributed by atoms with Crippen LogP contribution < -0.4 is 4.87 Å². The first-order valence-electron chi connectivity index (χ1n) is 7.73. The highest BCUT2D eigenvalue weighted by Gasteiger charge is 2.38. The zero-order valence-corrected chi connectivity index (χ0v) is 13.7. The van der Waals surface area contributed by atoms with Gasteiger partial charge in [0, 0.05) is 6.54 Å². The molecule has 0 unspecified atom stereocenters. The van der Waals surface area contributed by atoms with Crippen LogP contribution in [0.4, 0.5) is 0 Å². The third kappa shape index (κ3) is 2.47. The van der Waals surface area contributed by atoms with E-state index in [2.05, 4.69) is 13.0 Å². The summed E-state index contributed by atoms with van der Waals surface area (Å²) in [6, 6.07) is 15.9. The van der Waals surface area contributed by atoms with Gasteiger partial charge >= 0.3 is 4.87 Å². The molecule has 2 aromatic carbocycles. The van der Waals surface area contributed by atoms with Gasteiger partial charge in [-0.05, 0) is 47.6 Å². The van der Waals surface area contributed by atoms with E-state index >= 15 is 0 Å². The molecule has 1 fully saturated rings. The molecular formula is C19H16N2OS. The van der Waals surface area contributed by atoms with Crippen LogP contribution in [0, 0.1) is 16.7 Å². The van der Waals surface area contributed by atoms with Crippen LogP contribution in [0.5, 0.6) is 0 Å². The van der Waals surface area contributed by atoms with E-state index in [0.29, 0.717) is 11.0 Å². The van der Waals surface area contributed by atoms with Crippen LogP contribution in [0.3, 0.4) is 0 Å². The van der Waals surface area contributed by atoms with E-state index in [1.807, 2.05) is 47.0 Å². The molecular weight excluding hydrogens is 304 g/mol. The van der Waals surface area contributed by atoms with Crippen LogP contribution >= 0.6 is 11.3 Å². The number of fused-ring (bicyclic) bond motifs is 1. The van der Waals surface area contributed by atoms with Crippen molar-refractivity contribution in [3.8, 4) is 17.2 Å². The molecule has 0 N–H and O–H groups in total.